The van der Waals surface area contributed by atoms with Crippen LogP contribution in [0.25, 0.3) is 0 Å². The van der Waals surface area contributed by atoms with E-state index in [1.54, 1.807) is 11.3 Å². The molecule has 0 saturated heterocycles. The van der Waals surface area contributed by atoms with Crippen LogP contribution in [0, 0.1) is 0 Å². The van der Waals surface area contributed by atoms with E-state index in [4.69, 9.17) is 0 Å². The van der Waals surface area contributed by atoms with Gasteiger partial charge in [-0.3, -0.25) is 4.98 Å². The largest absolute Gasteiger partial charge is 0.310 e. The summed E-state index contributed by atoms with van der Waals surface area (Å²) in [6.07, 6.45) is 5.94. The summed E-state index contributed by atoms with van der Waals surface area (Å²) in [5, 5.41) is 7.96. The van der Waals surface area contributed by atoms with Gasteiger partial charge in [0.05, 0.1) is 0 Å². The maximum atomic E-state index is 4.17. The minimum atomic E-state index is 0.408. The molecule has 1 N–H and O–H groups in total. The summed E-state index contributed by atoms with van der Waals surface area (Å²) in [6, 6.07) is 6.75. The van der Waals surface area contributed by atoms with Crippen molar-refractivity contribution in [1.82, 2.24) is 10.3 Å². The maximum absolute atomic E-state index is 4.17. The SMILES string of the molecule is CCCNC(Cc1cccnc1)c1ccsc1. The number of nitrogens with one attached hydrogen (secondary N) is 1. The van der Waals surface area contributed by atoms with E-state index in [0.29, 0.717) is 6.04 Å². The molecule has 2 rings (SSSR count). The molecule has 0 saturated carbocycles. The molecule has 2 aromatic rings. The number of thiophene rings is 1. The molecule has 90 valence electrons. The highest BCUT2D eigenvalue weighted by Gasteiger charge is 2.11. The second kappa shape index (κ2) is 6.52. The molecule has 0 bridgehead atoms. The van der Waals surface area contributed by atoms with Gasteiger partial charge in [0.2, 0.25) is 0 Å². The van der Waals surface area contributed by atoms with Gasteiger partial charge in [-0.05, 0) is 53.4 Å². The lowest BCUT2D eigenvalue weighted by atomic mass is 10.0. The van der Waals surface area contributed by atoms with Gasteiger partial charge in [-0.25, -0.2) is 0 Å². The molecule has 17 heavy (non-hydrogen) atoms. The predicted octanol–water partition coefficient (Wildman–Crippen LogP) is 3.43. The van der Waals surface area contributed by atoms with Crippen molar-refractivity contribution in [2.45, 2.75) is 25.8 Å². The van der Waals surface area contributed by atoms with E-state index in [-0.39, 0.29) is 0 Å². The summed E-state index contributed by atoms with van der Waals surface area (Å²) < 4.78 is 0. The molecule has 3 heteroatoms. The third kappa shape index (κ3) is 3.65. The van der Waals surface area contributed by atoms with Crippen molar-refractivity contribution in [2.75, 3.05) is 6.54 Å². The van der Waals surface area contributed by atoms with Crippen molar-refractivity contribution in [3.63, 3.8) is 0 Å². The molecular formula is C14H18N2S. The van der Waals surface area contributed by atoms with Crippen molar-refractivity contribution in [2.24, 2.45) is 0 Å². The van der Waals surface area contributed by atoms with Crippen LogP contribution in [0.15, 0.2) is 41.4 Å². The zero-order valence-corrected chi connectivity index (χ0v) is 10.9. The molecule has 0 aliphatic heterocycles. The van der Waals surface area contributed by atoms with Gasteiger partial charge >= 0.3 is 0 Å². The summed E-state index contributed by atoms with van der Waals surface area (Å²) in [4.78, 5) is 4.17. The molecule has 0 aliphatic rings. The fourth-order valence-electron chi connectivity index (χ4n) is 1.85. The highest BCUT2D eigenvalue weighted by molar-refractivity contribution is 7.07. The van der Waals surface area contributed by atoms with E-state index >= 15 is 0 Å². The van der Waals surface area contributed by atoms with Crippen LogP contribution >= 0.6 is 11.3 Å². The summed E-state index contributed by atoms with van der Waals surface area (Å²) in [5.41, 5.74) is 2.67. The lowest BCUT2D eigenvalue weighted by Gasteiger charge is -2.17. The summed E-state index contributed by atoms with van der Waals surface area (Å²) in [5.74, 6) is 0. The fourth-order valence-corrected chi connectivity index (χ4v) is 2.57. The molecule has 2 aromatic heterocycles. The van der Waals surface area contributed by atoms with E-state index in [9.17, 15) is 0 Å². The minimum absolute atomic E-state index is 0.408. The van der Waals surface area contributed by atoms with Crippen molar-refractivity contribution in [3.05, 3.63) is 52.5 Å². The molecule has 2 heterocycles. The molecule has 0 aliphatic carbocycles. The zero-order chi connectivity index (χ0) is 11.9. The molecule has 0 spiro atoms. The van der Waals surface area contributed by atoms with Crippen molar-refractivity contribution >= 4 is 11.3 Å². The van der Waals surface area contributed by atoms with Crippen molar-refractivity contribution in [3.8, 4) is 0 Å². The number of hydrogen-bond donors (Lipinski definition) is 1. The van der Waals surface area contributed by atoms with Crippen LogP contribution in [0.4, 0.5) is 0 Å². The minimum Gasteiger partial charge on any atom is -0.310 e. The van der Waals surface area contributed by atoms with E-state index in [1.165, 1.54) is 11.1 Å². The molecular weight excluding hydrogens is 228 g/mol. The Morgan fingerprint density at radius 1 is 1.41 bits per heavy atom. The van der Waals surface area contributed by atoms with Crippen LogP contribution in [0.2, 0.25) is 0 Å². The third-order valence-corrected chi connectivity index (χ3v) is 3.45. The highest BCUT2D eigenvalue weighted by Crippen LogP contribution is 2.20. The van der Waals surface area contributed by atoms with Gasteiger partial charge in [-0.1, -0.05) is 13.0 Å². The predicted molar refractivity (Wildman–Crippen MR) is 73.3 cm³/mol. The van der Waals surface area contributed by atoms with Crippen LogP contribution in [-0.4, -0.2) is 11.5 Å². The van der Waals surface area contributed by atoms with E-state index in [2.05, 4.69) is 40.1 Å². The average molecular weight is 246 g/mol. The first kappa shape index (κ1) is 12.3. The molecule has 1 atom stereocenters. The van der Waals surface area contributed by atoms with Crippen LogP contribution in [-0.2, 0) is 6.42 Å². The Kier molecular flexibility index (Phi) is 4.71. The number of aromatic nitrogens is 1. The van der Waals surface area contributed by atoms with Gasteiger partial charge in [0, 0.05) is 18.4 Å². The van der Waals surface area contributed by atoms with E-state index in [1.807, 2.05) is 18.5 Å². The summed E-state index contributed by atoms with van der Waals surface area (Å²) >= 11 is 1.76. The highest BCUT2D eigenvalue weighted by atomic mass is 32.1. The first-order valence-electron chi connectivity index (χ1n) is 6.04. The fraction of sp³-hybridized carbons (Fsp3) is 0.357. The molecule has 0 aromatic carbocycles. The molecule has 0 radical (unpaired) electrons. The number of hydrogen-bond acceptors (Lipinski definition) is 3. The van der Waals surface area contributed by atoms with Crippen LogP contribution in [0.3, 0.4) is 0 Å². The third-order valence-electron chi connectivity index (χ3n) is 2.75. The Morgan fingerprint density at radius 3 is 3.00 bits per heavy atom. The first-order chi connectivity index (χ1) is 8.40. The first-order valence-corrected chi connectivity index (χ1v) is 6.99. The topological polar surface area (TPSA) is 24.9 Å². The van der Waals surface area contributed by atoms with Gasteiger partial charge in [0.25, 0.3) is 0 Å². The monoisotopic (exact) mass is 246 g/mol. The van der Waals surface area contributed by atoms with Gasteiger partial charge < -0.3 is 5.32 Å². The van der Waals surface area contributed by atoms with Crippen LogP contribution < -0.4 is 5.32 Å². The van der Waals surface area contributed by atoms with Gasteiger partial charge in [0.15, 0.2) is 0 Å². The van der Waals surface area contributed by atoms with E-state index in [0.717, 1.165) is 19.4 Å². The number of pyridine rings is 1. The second-order valence-electron chi connectivity index (χ2n) is 4.13. The lowest BCUT2D eigenvalue weighted by molar-refractivity contribution is 0.530. The quantitative estimate of drug-likeness (QED) is 0.844. The van der Waals surface area contributed by atoms with Crippen LogP contribution in [0.5, 0.6) is 0 Å². The van der Waals surface area contributed by atoms with Gasteiger partial charge in [-0.15, -0.1) is 0 Å². The normalized spacial score (nSPS) is 12.5. The Morgan fingerprint density at radius 2 is 2.35 bits per heavy atom. The average Bonchev–Trinajstić information content (AvgIpc) is 2.89. The van der Waals surface area contributed by atoms with Crippen LogP contribution in [0.1, 0.15) is 30.5 Å². The van der Waals surface area contributed by atoms with Gasteiger partial charge in [0.1, 0.15) is 0 Å². The van der Waals surface area contributed by atoms with Gasteiger partial charge in [-0.2, -0.15) is 11.3 Å². The van der Waals surface area contributed by atoms with E-state index < -0.39 is 0 Å². The Labute approximate surface area is 107 Å². The summed E-state index contributed by atoms with van der Waals surface area (Å²) in [7, 11) is 0. The smallest absolute Gasteiger partial charge is 0.0369 e. The molecule has 0 amide bonds. The Hall–Kier alpha value is -1.19. The molecule has 0 fully saturated rings. The lowest BCUT2D eigenvalue weighted by Crippen LogP contribution is -2.23. The summed E-state index contributed by atoms with van der Waals surface area (Å²) in [6.45, 7) is 3.25. The van der Waals surface area contributed by atoms with Crippen molar-refractivity contribution < 1.29 is 0 Å². The van der Waals surface area contributed by atoms with Crippen molar-refractivity contribution in [1.29, 1.82) is 0 Å². The maximum Gasteiger partial charge on any atom is 0.0369 e. The molecule has 2 nitrogen and oxygen atoms in total. The Bertz CT molecular complexity index is 411. The zero-order valence-electron chi connectivity index (χ0n) is 10.1. The Balaban J connectivity index is 2.06. The number of nitrogens with zero attached hydrogens (tertiary/aromatic N) is 1. The molecule has 1 unspecified atom stereocenters. The standard InChI is InChI=1S/C14H18N2S/c1-2-6-16-14(13-5-8-17-11-13)9-12-4-3-7-15-10-12/h3-5,7-8,10-11,14,16H,2,6,9H2,1H3. The second-order valence-corrected chi connectivity index (χ2v) is 4.91. The number of rotatable bonds is 6.